The van der Waals surface area contributed by atoms with Gasteiger partial charge in [-0.15, -0.1) is 0 Å². The molecular formula is C27H27N5O2. The van der Waals surface area contributed by atoms with E-state index < -0.39 is 0 Å². The maximum Gasteiger partial charge on any atom is 0.226 e. The molecule has 3 aliphatic carbocycles. The molecule has 34 heavy (non-hydrogen) atoms. The Balaban J connectivity index is 1.27. The molecule has 0 unspecified atom stereocenters. The molecule has 3 saturated carbocycles. The lowest BCUT2D eigenvalue weighted by Gasteiger charge is -2.43. The van der Waals surface area contributed by atoms with Gasteiger partial charge in [0.2, 0.25) is 5.91 Å². The van der Waals surface area contributed by atoms with Crippen molar-refractivity contribution in [2.24, 2.45) is 11.8 Å². The second-order valence-electron chi connectivity index (χ2n) is 10.3. The zero-order valence-electron chi connectivity index (χ0n) is 19.1. The molecule has 0 N–H and O–H groups in total. The van der Waals surface area contributed by atoms with Gasteiger partial charge in [-0.05, 0) is 56.6 Å². The van der Waals surface area contributed by atoms with E-state index in [-0.39, 0.29) is 12.0 Å². The van der Waals surface area contributed by atoms with Crippen LogP contribution in [0.3, 0.4) is 0 Å². The number of aromatic nitrogens is 2. The van der Waals surface area contributed by atoms with Crippen molar-refractivity contribution in [1.82, 2.24) is 14.9 Å². The van der Waals surface area contributed by atoms with E-state index in [0.29, 0.717) is 23.3 Å². The van der Waals surface area contributed by atoms with E-state index in [2.05, 4.69) is 20.9 Å². The number of nitriles is 1. The van der Waals surface area contributed by atoms with Crippen LogP contribution in [-0.2, 0) is 4.79 Å². The lowest BCUT2D eigenvalue weighted by molar-refractivity contribution is -0.135. The molecule has 3 aromatic rings. The van der Waals surface area contributed by atoms with Crippen molar-refractivity contribution in [3.05, 3.63) is 41.9 Å². The summed E-state index contributed by atoms with van der Waals surface area (Å²) in [7, 11) is 0. The van der Waals surface area contributed by atoms with E-state index in [1.165, 1.54) is 19.2 Å². The number of pyridine rings is 1. The van der Waals surface area contributed by atoms with E-state index in [1.54, 1.807) is 0 Å². The van der Waals surface area contributed by atoms with Gasteiger partial charge in [-0.25, -0.2) is 9.97 Å². The van der Waals surface area contributed by atoms with Crippen LogP contribution in [0, 0.1) is 23.2 Å². The first-order valence-electron chi connectivity index (χ1n) is 12.5. The fourth-order valence-electron chi connectivity index (χ4n) is 5.55. The zero-order chi connectivity index (χ0) is 22.8. The Kier molecular flexibility index (Phi) is 4.45. The highest BCUT2D eigenvalue weighted by atomic mass is 16.3. The van der Waals surface area contributed by atoms with E-state index in [0.717, 1.165) is 79.1 Å². The zero-order valence-corrected chi connectivity index (χ0v) is 19.1. The van der Waals surface area contributed by atoms with Crippen molar-refractivity contribution in [1.29, 1.82) is 5.26 Å². The van der Waals surface area contributed by atoms with Gasteiger partial charge < -0.3 is 14.2 Å². The van der Waals surface area contributed by atoms with Crippen molar-refractivity contribution in [3.8, 4) is 17.2 Å². The number of benzene rings is 1. The van der Waals surface area contributed by atoms with Crippen molar-refractivity contribution in [2.45, 2.75) is 50.5 Å². The first-order chi connectivity index (χ1) is 16.7. The van der Waals surface area contributed by atoms with Crippen LogP contribution in [-0.4, -0.2) is 46.5 Å². The number of rotatable bonds is 5. The second kappa shape index (κ2) is 7.56. The van der Waals surface area contributed by atoms with E-state index in [1.807, 2.05) is 24.3 Å². The number of amides is 1. The molecule has 4 fully saturated rings. The minimum absolute atomic E-state index is 0.238. The summed E-state index contributed by atoms with van der Waals surface area (Å²) in [6.07, 6.45) is 8.18. The van der Waals surface area contributed by atoms with E-state index in [9.17, 15) is 10.1 Å². The predicted molar refractivity (Wildman–Crippen MR) is 127 cm³/mol. The number of nitrogens with zero attached hydrogens (tertiary/aromatic N) is 5. The van der Waals surface area contributed by atoms with Crippen molar-refractivity contribution < 1.29 is 9.21 Å². The Bertz CT molecular complexity index is 1330. The van der Waals surface area contributed by atoms with Gasteiger partial charge in [0.05, 0.1) is 17.3 Å². The first kappa shape index (κ1) is 20.0. The average molecular weight is 454 g/mol. The molecule has 0 spiro atoms. The molecule has 0 radical (unpaired) electrons. The van der Waals surface area contributed by atoms with Crippen LogP contribution < -0.4 is 4.90 Å². The van der Waals surface area contributed by atoms with Crippen LogP contribution in [0.4, 0.5) is 5.82 Å². The van der Waals surface area contributed by atoms with Gasteiger partial charge in [0.1, 0.15) is 17.4 Å². The number of para-hydroxylation sites is 1. The topological polar surface area (TPSA) is 86.3 Å². The largest absolute Gasteiger partial charge is 0.443 e. The van der Waals surface area contributed by atoms with Crippen molar-refractivity contribution in [3.63, 3.8) is 0 Å². The van der Waals surface area contributed by atoms with Crippen LogP contribution in [0.15, 0.2) is 35.1 Å². The first-order valence-corrected chi connectivity index (χ1v) is 12.5. The Hall–Kier alpha value is -3.40. The number of carbonyl (C=O) groups excluding carboxylic acids is 1. The Morgan fingerprint density at radius 1 is 1.09 bits per heavy atom. The minimum Gasteiger partial charge on any atom is -0.443 e. The summed E-state index contributed by atoms with van der Waals surface area (Å²) in [6.45, 7) is 2.22. The molecule has 2 aromatic heterocycles. The minimum atomic E-state index is 0.238. The lowest BCUT2D eigenvalue weighted by Crippen LogP contribution is -2.57. The fourth-order valence-corrected chi connectivity index (χ4v) is 5.55. The third-order valence-electron chi connectivity index (χ3n) is 7.86. The molecule has 172 valence electrons. The Morgan fingerprint density at radius 3 is 2.68 bits per heavy atom. The summed E-state index contributed by atoms with van der Waals surface area (Å²) in [5.41, 5.74) is 5.12. The van der Waals surface area contributed by atoms with Gasteiger partial charge in [-0.3, -0.25) is 4.79 Å². The molecule has 0 bridgehead atoms. The number of anilines is 1. The second-order valence-corrected chi connectivity index (χ2v) is 10.3. The van der Waals surface area contributed by atoms with E-state index >= 15 is 0 Å². The van der Waals surface area contributed by atoms with Gasteiger partial charge in [-0.1, -0.05) is 12.1 Å². The van der Waals surface area contributed by atoms with Crippen LogP contribution in [0.1, 0.15) is 55.7 Å². The molecule has 3 heterocycles. The molecule has 1 aliphatic heterocycles. The molecule has 1 aromatic carbocycles. The number of fused-ring (bicyclic) bond motifs is 1. The normalized spacial score (nSPS) is 22.7. The van der Waals surface area contributed by atoms with Gasteiger partial charge >= 0.3 is 0 Å². The molecule has 1 atom stereocenters. The predicted octanol–water partition coefficient (Wildman–Crippen LogP) is 4.48. The van der Waals surface area contributed by atoms with Crippen LogP contribution in [0.25, 0.3) is 22.2 Å². The molecule has 1 saturated heterocycles. The molecule has 7 nitrogen and oxygen atoms in total. The number of oxazole rings is 1. The Morgan fingerprint density at radius 2 is 1.94 bits per heavy atom. The summed E-state index contributed by atoms with van der Waals surface area (Å²) >= 11 is 0. The highest BCUT2D eigenvalue weighted by Crippen LogP contribution is 2.46. The van der Waals surface area contributed by atoms with Crippen molar-refractivity contribution in [2.75, 3.05) is 24.5 Å². The standard InChI is InChI=1S/C27H27N5O2/c28-13-19-12-21(20-2-1-3-22-25(20)34-15-29-22)24(17-6-7-17)30-26(19)31-10-11-32(27(33)18-8-9-18)23(14-31)16-4-5-16/h1-3,12,15-18,23H,4-11,14H2/t23-/m0/s1. The maximum atomic E-state index is 12.9. The molecule has 1 amide bonds. The van der Waals surface area contributed by atoms with Gasteiger partial charge in [0.15, 0.2) is 12.0 Å². The monoisotopic (exact) mass is 453 g/mol. The quantitative estimate of drug-likeness (QED) is 0.566. The number of piperazine rings is 1. The maximum absolute atomic E-state index is 12.9. The summed E-state index contributed by atoms with van der Waals surface area (Å²) in [4.78, 5) is 26.8. The SMILES string of the molecule is N#Cc1cc(-c2cccc3ncoc23)c(C2CC2)nc1N1CCN(C(=O)C2CC2)[C@H](C2CC2)C1. The van der Waals surface area contributed by atoms with Crippen LogP contribution >= 0.6 is 0 Å². The molecule has 7 rings (SSSR count). The highest BCUT2D eigenvalue weighted by Gasteiger charge is 2.45. The van der Waals surface area contributed by atoms with Gasteiger partial charge in [0.25, 0.3) is 0 Å². The van der Waals surface area contributed by atoms with Crippen LogP contribution in [0.2, 0.25) is 0 Å². The lowest BCUT2D eigenvalue weighted by atomic mass is 9.98. The number of hydrogen-bond donors (Lipinski definition) is 0. The Labute approximate surface area is 198 Å². The van der Waals surface area contributed by atoms with Crippen LogP contribution in [0.5, 0.6) is 0 Å². The number of carbonyl (C=O) groups is 1. The smallest absolute Gasteiger partial charge is 0.226 e. The average Bonchev–Trinajstić information content (AvgIpc) is 3.73. The number of hydrogen-bond acceptors (Lipinski definition) is 6. The molecule has 4 aliphatic rings. The third kappa shape index (κ3) is 3.35. The van der Waals surface area contributed by atoms with Gasteiger partial charge in [0, 0.05) is 42.6 Å². The third-order valence-corrected chi connectivity index (χ3v) is 7.86. The molecule has 7 heteroatoms. The highest BCUT2D eigenvalue weighted by molar-refractivity contribution is 5.91. The summed E-state index contributed by atoms with van der Waals surface area (Å²) in [6, 6.07) is 10.6. The molecular weight excluding hydrogens is 426 g/mol. The summed E-state index contributed by atoms with van der Waals surface area (Å²) in [5, 5.41) is 10.1. The fraction of sp³-hybridized carbons (Fsp3) is 0.481. The van der Waals surface area contributed by atoms with Crippen molar-refractivity contribution >= 4 is 22.8 Å². The summed E-state index contributed by atoms with van der Waals surface area (Å²) < 4.78 is 5.71. The van der Waals surface area contributed by atoms with Gasteiger partial charge in [-0.2, -0.15) is 5.26 Å². The summed E-state index contributed by atoms with van der Waals surface area (Å²) in [5.74, 6) is 2.38. The van der Waals surface area contributed by atoms with E-state index in [4.69, 9.17) is 9.40 Å².